The molecule has 2 N–H and O–H groups in total. The molecule has 0 atom stereocenters. The normalized spacial score (nSPS) is 11.6. The second kappa shape index (κ2) is 3.83. The van der Waals surface area contributed by atoms with Crippen molar-refractivity contribution in [3.8, 4) is 0 Å². The lowest BCUT2D eigenvalue weighted by molar-refractivity contribution is 0.136. The zero-order chi connectivity index (χ0) is 10.0. The van der Waals surface area contributed by atoms with Crippen LogP contribution in [0.15, 0.2) is 6.20 Å². The molecule has 1 aromatic rings. The Bertz CT molecular complexity index is 281. The predicted molar refractivity (Wildman–Crippen MR) is 45.5 cm³/mol. The van der Waals surface area contributed by atoms with E-state index in [0.29, 0.717) is 5.56 Å². The fourth-order valence-electron chi connectivity index (χ4n) is 1.22. The van der Waals surface area contributed by atoms with E-state index >= 15 is 0 Å². The molecule has 0 aliphatic rings. The summed E-state index contributed by atoms with van der Waals surface area (Å²) in [5, 5.41) is 3.86. The standard InChI is InChI=1S/C8H13F2N3/c1-5(2)13-7(8(9)10)6(3-11)4-12-13/h4-5,8H,3,11H2,1-2H3. The molecule has 1 rings (SSSR count). The molecule has 1 heterocycles. The van der Waals surface area contributed by atoms with E-state index in [0.717, 1.165) is 0 Å². The number of rotatable bonds is 3. The molecule has 3 nitrogen and oxygen atoms in total. The van der Waals surface area contributed by atoms with E-state index in [9.17, 15) is 8.78 Å². The topological polar surface area (TPSA) is 43.8 Å². The molecule has 0 radical (unpaired) electrons. The van der Waals surface area contributed by atoms with Crippen molar-refractivity contribution < 1.29 is 8.78 Å². The number of alkyl halides is 2. The van der Waals surface area contributed by atoms with Crippen molar-refractivity contribution in [2.75, 3.05) is 0 Å². The van der Waals surface area contributed by atoms with E-state index in [4.69, 9.17) is 5.73 Å². The van der Waals surface area contributed by atoms with Crippen molar-refractivity contribution in [1.82, 2.24) is 9.78 Å². The van der Waals surface area contributed by atoms with Crippen LogP contribution in [-0.4, -0.2) is 9.78 Å². The van der Waals surface area contributed by atoms with Gasteiger partial charge in [0.2, 0.25) is 0 Å². The van der Waals surface area contributed by atoms with Gasteiger partial charge in [0.15, 0.2) is 0 Å². The molecule has 5 heteroatoms. The Kier molecular flexibility index (Phi) is 2.98. The summed E-state index contributed by atoms with van der Waals surface area (Å²) >= 11 is 0. The molecule has 0 aromatic carbocycles. The van der Waals surface area contributed by atoms with Crippen LogP contribution in [-0.2, 0) is 6.54 Å². The molecule has 0 amide bonds. The summed E-state index contributed by atoms with van der Waals surface area (Å²) in [6.45, 7) is 3.71. The van der Waals surface area contributed by atoms with Crippen LogP contribution in [0.4, 0.5) is 8.78 Å². The van der Waals surface area contributed by atoms with Gasteiger partial charge in [-0.25, -0.2) is 8.78 Å². The molecule has 0 spiro atoms. The van der Waals surface area contributed by atoms with E-state index in [2.05, 4.69) is 5.10 Å². The lowest BCUT2D eigenvalue weighted by atomic mass is 10.2. The average molecular weight is 189 g/mol. The second-order valence-corrected chi connectivity index (χ2v) is 3.10. The Hall–Kier alpha value is -0.970. The minimum Gasteiger partial charge on any atom is -0.326 e. The van der Waals surface area contributed by atoms with Gasteiger partial charge in [-0.05, 0) is 13.8 Å². The first-order valence-corrected chi connectivity index (χ1v) is 4.12. The third-order valence-electron chi connectivity index (χ3n) is 1.83. The van der Waals surface area contributed by atoms with Crippen LogP contribution < -0.4 is 5.73 Å². The summed E-state index contributed by atoms with van der Waals surface area (Å²) < 4.78 is 26.4. The number of aromatic nitrogens is 2. The molecule has 0 bridgehead atoms. The summed E-state index contributed by atoms with van der Waals surface area (Å²) in [6, 6.07) is -0.0655. The molecule has 0 saturated carbocycles. The van der Waals surface area contributed by atoms with Gasteiger partial charge in [0.05, 0.1) is 6.20 Å². The molecule has 0 aliphatic carbocycles. The zero-order valence-electron chi connectivity index (χ0n) is 7.67. The highest BCUT2D eigenvalue weighted by Crippen LogP contribution is 2.24. The van der Waals surface area contributed by atoms with Crippen molar-refractivity contribution >= 4 is 0 Å². The first-order chi connectivity index (χ1) is 6.07. The molecule has 0 unspecified atom stereocenters. The molecule has 1 aromatic heterocycles. The number of halogens is 2. The maximum absolute atomic E-state index is 12.6. The number of nitrogens with two attached hydrogens (primary N) is 1. The van der Waals surface area contributed by atoms with E-state index in [1.807, 2.05) is 0 Å². The zero-order valence-corrected chi connectivity index (χ0v) is 7.67. The minimum absolute atomic E-state index is 0.0579. The molecule has 0 fully saturated rings. The van der Waals surface area contributed by atoms with Gasteiger partial charge < -0.3 is 5.73 Å². The van der Waals surface area contributed by atoms with Crippen molar-refractivity contribution in [1.29, 1.82) is 0 Å². The van der Waals surface area contributed by atoms with Crippen molar-refractivity contribution in [3.05, 3.63) is 17.5 Å². The quantitative estimate of drug-likeness (QED) is 0.788. The lowest BCUT2D eigenvalue weighted by Crippen LogP contribution is -2.10. The van der Waals surface area contributed by atoms with Crippen LogP contribution >= 0.6 is 0 Å². The van der Waals surface area contributed by atoms with Crippen LogP contribution in [0.2, 0.25) is 0 Å². The van der Waals surface area contributed by atoms with Gasteiger partial charge in [-0.3, -0.25) is 4.68 Å². The third-order valence-corrected chi connectivity index (χ3v) is 1.83. The fourth-order valence-corrected chi connectivity index (χ4v) is 1.22. The molecule has 13 heavy (non-hydrogen) atoms. The Morgan fingerprint density at radius 1 is 1.54 bits per heavy atom. The minimum atomic E-state index is -2.51. The number of nitrogens with zero attached hydrogens (tertiary/aromatic N) is 2. The average Bonchev–Trinajstić information content (AvgIpc) is 2.46. The van der Waals surface area contributed by atoms with Crippen LogP contribution in [0.25, 0.3) is 0 Å². The predicted octanol–water partition coefficient (Wildman–Crippen LogP) is 1.86. The van der Waals surface area contributed by atoms with Gasteiger partial charge in [-0.2, -0.15) is 5.10 Å². The maximum atomic E-state index is 12.6. The summed E-state index contributed by atoms with van der Waals surface area (Å²) in [5.41, 5.74) is 5.68. The monoisotopic (exact) mass is 189 g/mol. The highest BCUT2D eigenvalue weighted by Gasteiger charge is 2.20. The summed E-state index contributed by atoms with van der Waals surface area (Å²) in [5.74, 6) is 0. The Labute approximate surface area is 75.5 Å². The van der Waals surface area contributed by atoms with Crippen LogP contribution in [0.5, 0.6) is 0 Å². The summed E-state index contributed by atoms with van der Waals surface area (Å²) in [4.78, 5) is 0. The van der Waals surface area contributed by atoms with Crippen molar-refractivity contribution in [2.45, 2.75) is 32.9 Å². The van der Waals surface area contributed by atoms with Crippen LogP contribution in [0, 0.1) is 0 Å². The lowest BCUT2D eigenvalue weighted by Gasteiger charge is -2.11. The number of hydrogen-bond donors (Lipinski definition) is 1. The Balaban J connectivity index is 3.14. The molecule has 0 saturated heterocycles. The molecule has 0 aliphatic heterocycles. The van der Waals surface area contributed by atoms with Crippen molar-refractivity contribution in [2.24, 2.45) is 5.73 Å². The largest absolute Gasteiger partial charge is 0.326 e. The fraction of sp³-hybridized carbons (Fsp3) is 0.625. The number of hydrogen-bond acceptors (Lipinski definition) is 2. The van der Waals surface area contributed by atoms with Crippen LogP contribution in [0.1, 0.15) is 37.6 Å². The van der Waals surface area contributed by atoms with Gasteiger partial charge in [0.1, 0.15) is 5.69 Å². The maximum Gasteiger partial charge on any atom is 0.280 e. The summed E-state index contributed by atoms with van der Waals surface area (Å²) in [7, 11) is 0. The van der Waals surface area contributed by atoms with E-state index in [-0.39, 0.29) is 18.3 Å². The molecular formula is C8H13F2N3. The SMILES string of the molecule is CC(C)n1ncc(CN)c1C(F)F. The van der Waals surface area contributed by atoms with E-state index in [1.165, 1.54) is 10.9 Å². The highest BCUT2D eigenvalue weighted by molar-refractivity contribution is 5.19. The van der Waals surface area contributed by atoms with E-state index < -0.39 is 6.43 Å². The van der Waals surface area contributed by atoms with Gasteiger partial charge in [-0.15, -0.1) is 0 Å². The first kappa shape index (κ1) is 10.1. The summed E-state index contributed by atoms with van der Waals surface area (Å²) in [6.07, 6.45) is -1.11. The van der Waals surface area contributed by atoms with Gasteiger partial charge in [-0.1, -0.05) is 0 Å². The second-order valence-electron chi connectivity index (χ2n) is 3.10. The van der Waals surface area contributed by atoms with Crippen LogP contribution in [0.3, 0.4) is 0 Å². The van der Waals surface area contributed by atoms with Gasteiger partial charge in [0.25, 0.3) is 6.43 Å². The van der Waals surface area contributed by atoms with Gasteiger partial charge >= 0.3 is 0 Å². The van der Waals surface area contributed by atoms with Gasteiger partial charge in [0, 0.05) is 18.2 Å². The Morgan fingerprint density at radius 2 is 2.15 bits per heavy atom. The molecule has 74 valence electrons. The highest BCUT2D eigenvalue weighted by atomic mass is 19.3. The van der Waals surface area contributed by atoms with E-state index in [1.54, 1.807) is 13.8 Å². The third kappa shape index (κ3) is 1.85. The molecular weight excluding hydrogens is 176 g/mol. The first-order valence-electron chi connectivity index (χ1n) is 4.12. The smallest absolute Gasteiger partial charge is 0.280 e. The Morgan fingerprint density at radius 3 is 2.54 bits per heavy atom. The van der Waals surface area contributed by atoms with Crippen molar-refractivity contribution in [3.63, 3.8) is 0 Å².